The molecular weight excluding hydrogens is 316 g/mol. The number of carbonyl (C=O) groups excluding carboxylic acids is 1. The molecule has 0 radical (unpaired) electrons. The molecule has 0 spiro atoms. The number of carbonyl (C=O) groups is 1. The second-order valence-electron chi connectivity index (χ2n) is 5.02. The summed E-state index contributed by atoms with van der Waals surface area (Å²) < 4.78 is 50.4. The highest BCUT2D eigenvalue weighted by Crippen LogP contribution is 2.20. The highest BCUT2D eigenvalue weighted by atomic mass is 32.2. The van der Waals surface area contributed by atoms with Gasteiger partial charge in [-0.25, -0.2) is 17.2 Å². The van der Waals surface area contributed by atoms with Gasteiger partial charge in [-0.2, -0.15) is 0 Å². The van der Waals surface area contributed by atoms with Crippen LogP contribution in [0, 0.1) is 11.6 Å². The largest absolute Gasteiger partial charge is 0.353 e. The molecule has 0 fully saturated rings. The van der Waals surface area contributed by atoms with Gasteiger partial charge in [0, 0.05) is 19.2 Å². The van der Waals surface area contributed by atoms with Crippen LogP contribution in [0.3, 0.4) is 0 Å². The van der Waals surface area contributed by atoms with Crippen molar-refractivity contribution in [2.45, 2.75) is 0 Å². The van der Waals surface area contributed by atoms with Crippen molar-refractivity contribution in [3.05, 3.63) is 29.8 Å². The van der Waals surface area contributed by atoms with Crippen molar-refractivity contribution in [1.82, 2.24) is 10.2 Å². The molecule has 0 aliphatic rings. The van der Waals surface area contributed by atoms with Gasteiger partial charge in [0.1, 0.15) is 6.54 Å². The first-order valence-corrected chi connectivity index (χ1v) is 8.30. The minimum atomic E-state index is -3.81. The van der Waals surface area contributed by atoms with E-state index in [1.54, 1.807) is 0 Å². The fourth-order valence-corrected chi connectivity index (χ4v) is 2.49. The topological polar surface area (TPSA) is 69.7 Å². The third-order valence-electron chi connectivity index (χ3n) is 2.76. The van der Waals surface area contributed by atoms with Crippen LogP contribution in [0.2, 0.25) is 0 Å². The summed E-state index contributed by atoms with van der Waals surface area (Å²) in [6.07, 6.45) is 0.890. The van der Waals surface area contributed by atoms with Crippen LogP contribution in [0.15, 0.2) is 18.2 Å². The van der Waals surface area contributed by atoms with Crippen LogP contribution in [-0.4, -0.2) is 59.2 Å². The van der Waals surface area contributed by atoms with Crippen molar-refractivity contribution in [2.24, 2.45) is 0 Å². The summed E-state index contributed by atoms with van der Waals surface area (Å²) in [6, 6.07) is 2.66. The van der Waals surface area contributed by atoms with Gasteiger partial charge >= 0.3 is 0 Å². The fourth-order valence-electron chi connectivity index (χ4n) is 1.65. The van der Waals surface area contributed by atoms with Gasteiger partial charge in [-0.1, -0.05) is 0 Å². The first kappa shape index (κ1) is 18.3. The minimum Gasteiger partial charge on any atom is -0.353 e. The number of hydrogen-bond donors (Lipinski definition) is 1. The average molecular weight is 335 g/mol. The number of halogens is 2. The van der Waals surface area contributed by atoms with E-state index in [0.29, 0.717) is 13.1 Å². The van der Waals surface area contributed by atoms with E-state index >= 15 is 0 Å². The summed E-state index contributed by atoms with van der Waals surface area (Å²) in [7, 11) is -0.152. The lowest BCUT2D eigenvalue weighted by atomic mass is 10.3. The number of sulfonamides is 1. The molecule has 22 heavy (non-hydrogen) atoms. The molecule has 9 heteroatoms. The Labute approximate surface area is 128 Å². The molecule has 0 saturated heterocycles. The molecule has 0 aliphatic heterocycles. The maximum absolute atomic E-state index is 13.3. The van der Waals surface area contributed by atoms with Crippen LogP contribution < -0.4 is 9.62 Å². The highest BCUT2D eigenvalue weighted by Gasteiger charge is 2.21. The smallest absolute Gasteiger partial charge is 0.240 e. The zero-order chi connectivity index (χ0) is 16.9. The van der Waals surface area contributed by atoms with Crippen LogP contribution in [0.5, 0.6) is 0 Å². The van der Waals surface area contributed by atoms with Gasteiger partial charge in [0.25, 0.3) is 0 Å². The van der Waals surface area contributed by atoms with Crippen LogP contribution in [0.1, 0.15) is 0 Å². The van der Waals surface area contributed by atoms with Crippen molar-refractivity contribution in [3.8, 4) is 0 Å². The number of benzene rings is 1. The van der Waals surface area contributed by atoms with E-state index in [0.717, 1.165) is 28.8 Å². The summed E-state index contributed by atoms with van der Waals surface area (Å²) in [5, 5.41) is 2.56. The second-order valence-corrected chi connectivity index (χ2v) is 6.93. The first-order valence-electron chi connectivity index (χ1n) is 6.45. The number of hydrogen-bond acceptors (Lipinski definition) is 4. The SMILES string of the molecule is CN(C)CCNC(=O)CN(c1ccc(F)c(F)c1)S(C)(=O)=O. The number of likely N-dealkylation sites (N-methyl/N-ethyl adjacent to an activating group) is 1. The molecule has 124 valence electrons. The van der Waals surface area contributed by atoms with Crippen molar-refractivity contribution < 1.29 is 22.0 Å². The zero-order valence-electron chi connectivity index (χ0n) is 12.6. The Balaban J connectivity index is 2.86. The molecule has 1 aromatic rings. The lowest BCUT2D eigenvalue weighted by Gasteiger charge is -2.22. The van der Waals surface area contributed by atoms with Gasteiger partial charge in [0.15, 0.2) is 11.6 Å². The van der Waals surface area contributed by atoms with E-state index < -0.39 is 34.1 Å². The minimum absolute atomic E-state index is 0.107. The van der Waals surface area contributed by atoms with E-state index in [1.807, 2.05) is 19.0 Å². The molecule has 0 heterocycles. The summed E-state index contributed by atoms with van der Waals surface area (Å²) in [5.74, 6) is -2.80. The van der Waals surface area contributed by atoms with Crippen LogP contribution in [-0.2, 0) is 14.8 Å². The number of rotatable bonds is 7. The van der Waals surface area contributed by atoms with Crippen LogP contribution in [0.4, 0.5) is 14.5 Å². The summed E-state index contributed by atoms with van der Waals surface area (Å²) in [6.45, 7) is 0.439. The Morgan fingerprint density at radius 2 is 1.86 bits per heavy atom. The monoisotopic (exact) mass is 335 g/mol. The normalized spacial score (nSPS) is 11.5. The molecule has 0 saturated carbocycles. The van der Waals surface area contributed by atoms with E-state index in [-0.39, 0.29) is 5.69 Å². The predicted molar refractivity (Wildman–Crippen MR) is 80.1 cm³/mol. The van der Waals surface area contributed by atoms with Gasteiger partial charge in [0.2, 0.25) is 15.9 Å². The first-order chi connectivity index (χ1) is 10.1. The zero-order valence-corrected chi connectivity index (χ0v) is 13.5. The lowest BCUT2D eigenvalue weighted by molar-refractivity contribution is -0.119. The van der Waals surface area contributed by atoms with Crippen LogP contribution >= 0.6 is 0 Å². The molecular formula is C13H19F2N3O3S. The molecule has 0 bridgehead atoms. The van der Waals surface area contributed by atoms with Crippen molar-refractivity contribution in [1.29, 1.82) is 0 Å². The molecule has 1 amide bonds. The Kier molecular flexibility index (Phi) is 6.24. The summed E-state index contributed by atoms with van der Waals surface area (Å²) >= 11 is 0. The van der Waals surface area contributed by atoms with Gasteiger partial charge in [-0.05, 0) is 26.2 Å². The number of amides is 1. The Bertz CT molecular complexity index is 635. The van der Waals surface area contributed by atoms with Gasteiger partial charge < -0.3 is 10.2 Å². The molecule has 0 unspecified atom stereocenters. The van der Waals surface area contributed by atoms with E-state index in [4.69, 9.17) is 0 Å². The number of nitrogens with one attached hydrogen (secondary N) is 1. The molecule has 1 rings (SSSR count). The highest BCUT2D eigenvalue weighted by molar-refractivity contribution is 7.92. The quantitative estimate of drug-likeness (QED) is 0.784. The summed E-state index contributed by atoms with van der Waals surface area (Å²) in [5.41, 5.74) is -0.107. The standard InChI is InChI=1S/C13H19F2N3O3S/c1-17(2)7-6-16-13(19)9-18(22(3,20)21)10-4-5-11(14)12(15)8-10/h4-5,8H,6-7,9H2,1-3H3,(H,16,19). The van der Waals surface area contributed by atoms with Gasteiger partial charge in [-0.15, -0.1) is 0 Å². The molecule has 0 atom stereocenters. The second kappa shape index (κ2) is 7.50. The fraction of sp³-hybridized carbons (Fsp3) is 0.462. The van der Waals surface area contributed by atoms with Crippen molar-refractivity contribution in [3.63, 3.8) is 0 Å². The van der Waals surface area contributed by atoms with Crippen molar-refractivity contribution >= 4 is 21.6 Å². The predicted octanol–water partition coefficient (Wildman–Crippen LogP) is 0.409. The van der Waals surface area contributed by atoms with E-state index in [1.165, 1.54) is 0 Å². The Hall–Kier alpha value is -1.74. The van der Waals surface area contributed by atoms with E-state index in [2.05, 4.69) is 5.32 Å². The Morgan fingerprint density at radius 1 is 1.23 bits per heavy atom. The maximum atomic E-state index is 13.3. The van der Waals surface area contributed by atoms with Crippen molar-refractivity contribution in [2.75, 3.05) is 44.3 Å². The third-order valence-corrected chi connectivity index (χ3v) is 3.90. The van der Waals surface area contributed by atoms with Crippen LogP contribution in [0.25, 0.3) is 0 Å². The molecule has 0 aliphatic carbocycles. The molecule has 1 aromatic carbocycles. The molecule has 1 N–H and O–H groups in total. The van der Waals surface area contributed by atoms with E-state index in [9.17, 15) is 22.0 Å². The molecule has 6 nitrogen and oxygen atoms in total. The lowest BCUT2D eigenvalue weighted by Crippen LogP contribution is -2.42. The van der Waals surface area contributed by atoms with Gasteiger partial charge in [0.05, 0.1) is 11.9 Å². The molecule has 0 aromatic heterocycles. The number of nitrogens with zero attached hydrogens (tertiary/aromatic N) is 2. The maximum Gasteiger partial charge on any atom is 0.240 e. The third kappa shape index (κ3) is 5.57. The Morgan fingerprint density at radius 3 is 2.36 bits per heavy atom. The average Bonchev–Trinajstić information content (AvgIpc) is 2.37. The summed E-state index contributed by atoms with van der Waals surface area (Å²) in [4.78, 5) is 13.7. The number of anilines is 1. The van der Waals surface area contributed by atoms with Gasteiger partial charge in [-0.3, -0.25) is 9.10 Å².